The van der Waals surface area contributed by atoms with Crippen molar-refractivity contribution in [3.63, 3.8) is 0 Å². The Kier molecular flexibility index (Phi) is 4.15. The molecule has 1 aromatic heterocycles. The number of rotatable bonds is 2. The third-order valence-electron chi connectivity index (χ3n) is 2.83. The molecule has 1 aromatic rings. The van der Waals surface area contributed by atoms with Gasteiger partial charge in [0.1, 0.15) is 5.82 Å². The van der Waals surface area contributed by atoms with E-state index in [1.807, 2.05) is 6.92 Å². The minimum atomic E-state index is -4.54. The van der Waals surface area contributed by atoms with Gasteiger partial charge >= 0.3 is 6.18 Å². The van der Waals surface area contributed by atoms with Gasteiger partial charge in [0.25, 0.3) is 0 Å². The molecular formula is C11H13ClF3N3O. The molecule has 0 aromatic carbocycles. The van der Waals surface area contributed by atoms with Crippen LogP contribution in [0.2, 0.25) is 5.28 Å². The number of hydrogen-bond donors (Lipinski definition) is 1. The fraction of sp³-hybridized carbons (Fsp3) is 0.636. The number of halogens is 4. The molecule has 0 saturated carbocycles. The Labute approximate surface area is 113 Å². The van der Waals surface area contributed by atoms with E-state index >= 15 is 0 Å². The van der Waals surface area contributed by atoms with E-state index in [1.54, 1.807) is 0 Å². The fourth-order valence-electron chi connectivity index (χ4n) is 1.98. The highest BCUT2D eigenvalue weighted by Gasteiger charge is 2.34. The summed E-state index contributed by atoms with van der Waals surface area (Å²) in [4.78, 5) is 6.95. The average molecular weight is 296 g/mol. The van der Waals surface area contributed by atoms with E-state index in [2.05, 4.69) is 15.3 Å². The molecule has 1 aliphatic heterocycles. The van der Waals surface area contributed by atoms with Gasteiger partial charge in [0.15, 0.2) is 5.69 Å². The zero-order valence-corrected chi connectivity index (χ0v) is 10.9. The molecule has 0 bridgehead atoms. The SMILES string of the molecule is CC1CC(Nc2cc(C(F)(F)F)nc(Cl)n2)CCO1. The summed E-state index contributed by atoms with van der Waals surface area (Å²) in [5, 5.41) is 2.53. The minimum absolute atomic E-state index is 0.0239. The monoisotopic (exact) mass is 295 g/mol. The van der Waals surface area contributed by atoms with Crippen LogP contribution in [-0.2, 0) is 10.9 Å². The van der Waals surface area contributed by atoms with Crippen molar-refractivity contribution < 1.29 is 17.9 Å². The van der Waals surface area contributed by atoms with Gasteiger partial charge in [0.05, 0.1) is 6.10 Å². The number of nitrogens with one attached hydrogen (secondary N) is 1. The first-order valence-electron chi connectivity index (χ1n) is 5.84. The highest BCUT2D eigenvalue weighted by atomic mass is 35.5. The topological polar surface area (TPSA) is 47.0 Å². The summed E-state index contributed by atoms with van der Waals surface area (Å²) in [5.41, 5.74) is -1.05. The van der Waals surface area contributed by atoms with Gasteiger partial charge in [-0.15, -0.1) is 0 Å². The molecule has 1 aliphatic rings. The van der Waals surface area contributed by atoms with Crippen LogP contribution in [0.4, 0.5) is 19.0 Å². The second kappa shape index (κ2) is 5.50. The van der Waals surface area contributed by atoms with E-state index < -0.39 is 17.2 Å². The van der Waals surface area contributed by atoms with E-state index in [-0.39, 0.29) is 18.0 Å². The molecule has 1 fully saturated rings. The molecule has 0 spiro atoms. The van der Waals surface area contributed by atoms with E-state index in [9.17, 15) is 13.2 Å². The molecule has 0 radical (unpaired) electrons. The van der Waals surface area contributed by atoms with Crippen LogP contribution in [0.15, 0.2) is 6.07 Å². The fourth-order valence-corrected chi connectivity index (χ4v) is 2.16. The van der Waals surface area contributed by atoms with Crippen molar-refractivity contribution in [3.8, 4) is 0 Å². The van der Waals surface area contributed by atoms with Crippen LogP contribution in [0.25, 0.3) is 0 Å². The van der Waals surface area contributed by atoms with Crippen LogP contribution in [-0.4, -0.2) is 28.7 Å². The summed E-state index contributed by atoms with van der Waals surface area (Å²) >= 11 is 5.52. The minimum Gasteiger partial charge on any atom is -0.378 e. The predicted molar refractivity (Wildman–Crippen MR) is 64.1 cm³/mol. The molecule has 8 heteroatoms. The highest BCUT2D eigenvalue weighted by Crippen LogP contribution is 2.30. The van der Waals surface area contributed by atoms with Crippen LogP contribution in [0.5, 0.6) is 0 Å². The molecule has 1 saturated heterocycles. The Morgan fingerprint density at radius 3 is 2.79 bits per heavy atom. The van der Waals surface area contributed by atoms with Gasteiger partial charge in [0, 0.05) is 18.7 Å². The molecule has 0 amide bonds. The number of anilines is 1. The second-order valence-corrected chi connectivity index (χ2v) is 4.79. The van der Waals surface area contributed by atoms with E-state index in [4.69, 9.17) is 16.3 Å². The molecule has 2 rings (SSSR count). The number of ether oxygens (including phenoxy) is 1. The molecular weight excluding hydrogens is 283 g/mol. The van der Waals surface area contributed by atoms with Crippen molar-refractivity contribution in [3.05, 3.63) is 17.0 Å². The van der Waals surface area contributed by atoms with Gasteiger partial charge < -0.3 is 10.1 Å². The summed E-state index contributed by atoms with van der Waals surface area (Å²) in [5.74, 6) is 0.0893. The maximum atomic E-state index is 12.6. The second-order valence-electron chi connectivity index (χ2n) is 4.45. The summed E-state index contributed by atoms with van der Waals surface area (Å²) in [6, 6.07) is 0.891. The lowest BCUT2D eigenvalue weighted by Crippen LogP contribution is -2.32. The predicted octanol–water partition coefficient (Wildman–Crippen LogP) is 3.13. The van der Waals surface area contributed by atoms with Gasteiger partial charge in [-0.2, -0.15) is 13.2 Å². The molecule has 0 aliphatic carbocycles. The lowest BCUT2D eigenvalue weighted by atomic mass is 10.0. The normalized spacial score (nSPS) is 24.3. The van der Waals surface area contributed by atoms with Crippen molar-refractivity contribution in [2.24, 2.45) is 0 Å². The largest absolute Gasteiger partial charge is 0.433 e. The van der Waals surface area contributed by atoms with Crippen LogP contribution >= 0.6 is 11.6 Å². The highest BCUT2D eigenvalue weighted by molar-refractivity contribution is 6.28. The first-order valence-corrected chi connectivity index (χ1v) is 6.22. The summed E-state index contributed by atoms with van der Waals surface area (Å²) in [6.07, 6.45) is -3.03. The van der Waals surface area contributed by atoms with Crippen LogP contribution in [0.3, 0.4) is 0 Å². The quantitative estimate of drug-likeness (QED) is 0.852. The van der Waals surface area contributed by atoms with Gasteiger partial charge in [0.2, 0.25) is 5.28 Å². The van der Waals surface area contributed by atoms with E-state index in [0.29, 0.717) is 19.4 Å². The molecule has 106 valence electrons. The summed E-state index contributed by atoms with van der Waals surface area (Å²) in [6.45, 7) is 2.49. The first kappa shape index (κ1) is 14.3. The van der Waals surface area contributed by atoms with Gasteiger partial charge in [-0.1, -0.05) is 0 Å². The third kappa shape index (κ3) is 3.94. The van der Waals surface area contributed by atoms with Crippen LogP contribution < -0.4 is 5.32 Å². The van der Waals surface area contributed by atoms with E-state index in [0.717, 1.165) is 6.07 Å². The first-order chi connectivity index (χ1) is 8.84. The smallest absolute Gasteiger partial charge is 0.378 e. The molecule has 4 nitrogen and oxygen atoms in total. The Morgan fingerprint density at radius 2 is 2.16 bits per heavy atom. The van der Waals surface area contributed by atoms with Crippen molar-refractivity contribution in [2.45, 2.75) is 38.1 Å². The summed E-state index contributed by atoms with van der Waals surface area (Å²) < 4.78 is 43.1. The van der Waals surface area contributed by atoms with Crippen molar-refractivity contribution in [1.29, 1.82) is 0 Å². The van der Waals surface area contributed by atoms with Crippen LogP contribution in [0, 0.1) is 0 Å². The number of aromatic nitrogens is 2. The zero-order valence-electron chi connectivity index (χ0n) is 10.2. The third-order valence-corrected chi connectivity index (χ3v) is 3.00. The Morgan fingerprint density at radius 1 is 1.42 bits per heavy atom. The van der Waals surface area contributed by atoms with Gasteiger partial charge in [-0.05, 0) is 31.4 Å². The van der Waals surface area contributed by atoms with Crippen molar-refractivity contribution in [1.82, 2.24) is 9.97 Å². The van der Waals surface area contributed by atoms with E-state index in [1.165, 1.54) is 0 Å². The standard InChI is InChI=1S/C11H13ClF3N3O/c1-6-4-7(2-3-19-6)16-9-5-8(11(13,14)15)17-10(12)18-9/h5-7H,2-4H2,1H3,(H,16,17,18). The molecule has 1 N–H and O–H groups in total. The molecule has 2 heterocycles. The lowest BCUT2D eigenvalue weighted by Gasteiger charge is -2.28. The molecule has 19 heavy (non-hydrogen) atoms. The molecule has 2 unspecified atom stereocenters. The Hall–Kier alpha value is -1.08. The lowest BCUT2D eigenvalue weighted by molar-refractivity contribution is -0.141. The van der Waals surface area contributed by atoms with Crippen LogP contribution in [0.1, 0.15) is 25.5 Å². The van der Waals surface area contributed by atoms with Crippen molar-refractivity contribution in [2.75, 3.05) is 11.9 Å². The maximum Gasteiger partial charge on any atom is 0.433 e. The maximum absolute atomic E-state index is 12.6. The zero-order chi connectivity index (χ0) is 14.0. The Bertz CT molecular complexity index is 455. The Balaban J connectivity index is 2.14. The van der Waals surface area contributed by atoms with Gasteiger partial charge in [-0.25, -0.2) is 9.97 Å². The van der Waals surface area contributed by atoms with Crippen molar-refractivity contribution >= 4 is 17.4 Å². The average Bonchev–Trinajstić information content (AvgIpc) is 2.26. The summed E-state index contributed by atoms with van der Waals surface area (Å²) in [7, 11) is 0. The number of hydrogen-bond acceptors (Lipinski definition) is 4. The molecule has 2 atom stereocenters. The number of alkyl halides is 3. The number of nitrogens with zero attached hydrogens (tertiary/aromatic N) is 2. The van der Waals surface area contributed by atoms with Gasteiger partial charge in [-0.3, -0.25) is 0 Å².